The van der Waals surface area contributed by atoms with Crippen LogP contribution in [0.4, 0.5) is 0 Å². The third-order valence-electron chi connectivity index (χ3n) is 5.12. The number of fused-ring (bicyclic) bond motifs is 1. The molecular weight excluding hydrogens is 408 g/mol. The molecule has 2 aromatic carbocycles. The van der Waals surface area contributed by atoms with Crippen molar-refractivity contribution in [1.82, 2.24) is 19.9 Å². The molecular formula is C24H24N4O4. The van der Waals surface area contributed by atoms with Crippen LogP contribution >= 0.6 is 0 Å². The SMILES string of the molecule is COc1cccc(Cn2c(CNC(=O)c3ccc(OC)cc3OC)nc3cccnc32)c1. The van der Waals surface area contributed by atoms with Crippen LogP contribution in [0, 0.1) is 0 Å². The van der Waals surface area contributed by atoms with E-state index in [1.54, 1.807) is 38.6 Å². The van der Waals surface area contributed by atoms with E-state index in [0.717, 1.165) is 22.5 Å². The molecule has 4 aromatic rings. The van der Waals surface area contributed by atoms with Crippen molar-refractivity contribution in [1.29, 1.82) is 0 Å². The van der Waals surface area contributed by atoms with E-state index in [4.69, 9.17) is 19.2 Å². The van der Waals surface area contributed by atoms with Crippen LogP contribution in [-0.2, 0) is 13.1 Å². The second kappa shape index (κ2) is 9.38. The average molecular weight is 432 g/mol. The molecule has 0 fully saturated rings. The first-order valence-corrected chi connectivity index (χ1v) is 10.1. The number of nitrogens with zero attached hydrogens (tertiary/aromatic N) is 3. The third kappa shape index (κ3) is 4.34. The van der Waals surface area contributed by atoms with Crippen molar-refractivity contribution in [3.63, 3.8) is 0 Å². The summed E-state index contributed by atoms with van der Waals surface area (Å²) < 4.78 is 17.9. The van der Waals surface area contributed by atoms with Crippen LogP contribution < -0.4 is 19.5 Å². The zero-order chi connectivity index (χ0) is 22.5. The molecule has 0 bridgehead atoms. The van der Waals surface area contributed by atoms with Crippen molar-refractivity contribution >= 4 is 17.1 Å². The van der Waals surface area contributed by atoms with E-state index in [-0.39, 0.29) is 12.5 Å². The second-order valence-electron chi connectivity index (χ2n) is 7.06. The Morgan fingerprint density at radius 1 is 0.969 bits per heavy atom. The minimum absolute atomic E-state index is 0.231. The fraction of sp³-hybridized carbons (Fsp3) is 0.208. The highest BCUT2D eigenvalue weighted by Crippen LogP contribution is 2.25. The molecule has 2 aromatic heterocycles. The lowest BCUT2D eigenvalue weighted by Gasteiger charge is -2.12. The van der Waals surface area contributed by atoms with Gasteiger partial charge in [-0.2, -0.15) is 0 Å². The Morgan fingerprint density at radius 2 is 1.78 bits per heavy atom. The van der Waals surface area contributed by atoms with Gasteiger partial charge in [-0.3, -0.25) is 4.79 Å². The minimum atomic E-state index is -0.266. The second-order valence-corrected chi connectivity index (χ2v) is 7.06. The van der Waals surface area contributed by atoms with Gasteiger partial charge in [0.2, 0.25) is 0 Å². The summed E-state index contributed by atoms with van der Waals surface area (Å²) in [5.74, 6) is 2.26. The van der Waals surface area contributed by atoms with Gasteiger partial charge < -0.3 is 24.1 Å². The molecule has 0 spiro atoms. The molecule has 8 nitrogen and oxygen atoms in total. The summed E-state index contributed by atoms with van der Waals surface area (Å²) in [6.45, 7) is 0.774. The van der Waals surface area contributed by atoms with E-state index in [1.165, 1.54) is 7.11 Å². The van der Waals surface area contributed by atoms with Crippen molar-refractivity contribution in [2.24, 2.45) is 0 Å². The molecule has 0 radical (unpaired) electrons. The number of amides is 1. The van der Waals surface area contributed by atoms with Gasteiger partial charge in [0, 0.05) is 12.3 Å². The number of carbonyl (C=O) groups is 1. The first-order chi connectivity index (χ1) is 15.6. The summed E-state index contributed by atoms with van der Waals surface area (Å²) in [6, 6.07) is 16.7. The molecule has 164 valence electrons. The standard InChI is InChI=1S/C24H24N4O4/c1-30-17-7-4-6-16(12-17)15-28-22(27-20-8-5-11-25-23(20)28)14-26-24(29)19-10-9-18(31-2)13-21(19)32-3/h4-13H,14-15H2,1-3H3,(H,26,29). The van der Waals surface area contributed by atoms with Crippen LogP contribution in [0.5, 0.6) is 17.2 Å². The molecule has 32 heavy (non-hydrogen) atoms. The molecule has 0 atom stereocenters. The highest BCUT2D eigenvalue weighted by molar-refractivity contribution is 5.97. The van der Waals surface area contributed by atoms with Gasteiger partial charge in [-0.1, -0.05) is 12.1 Å². The summed E-state index contributed by atoms with van der Waals surface area (Å²) in [4.78, 5) is 22.0. The number of nitrogens with one attached hydrogen (secondary N) is 1. The van der Waals surface area contributed by atoms with E-state index >= 15 is 0 Å². The number of methoxy groups -OCH3 is 3. The molecule has 0 saturated carbocycles. The zero-order valence-electron chi connectivity index (χ0n) is 18.2. The summed E-state index contributed by atoms with van der Waals surface area (Å²) >= 11 is 0. The smallest absolute Gasteiger partial charge is 0.255 e. The van der Waals surface area contributed by atoms with Crippen molar-refractivity contribution in [3.05, 3.63) is 77.7 Å². The monoisotopic (exact) mass is 432 g/mol. The van der Waals surface area contributed by atoms with Gasteiger partial charge in [-0.25, -0.2) is 9.97 Å². The first kappa shape index (κ1) is 21.2. The summed E-state index contributed by atoms with van der Waals surface area (Å²) in [5.41, 5.74) is 2.98. The van der Waals surface area contributed by atoms with Crippen LogP contribution in [0.1, 0.15) is 21.7 Å². The highest BCUT2D eigenvalue weighted by atomic mass is 16.5. The van der Waals surface area contributed by atoms with E-state index < -0.39 is 0 Å². The Hall–Kier alpha value is -4.07. The number of carbonyl (C=O) groups excluding carboxylic acids is 1. The van der Waals surface area contributed by atoms with Gasteiger partial charge in [0.15, 0.2) is 5.65 Å². The number of hydrogen-bond acceptors (Lipinski definition) is 6. The highest BCUT2D eigenvalue weighted by Gasteiger charge is 2.17. The van der Waals surface area contributed by atoms with Gasteiger partial charge in [0.1, 0.15) is 28.6 Å². The molecule has 4 rings (SSSR count). The van der Waals surface area contributed by atoms with Gasteiger partial charge in [0.05, 0.1) is 40.0 Å². The van der Waals surface area contributed by atoms with Gasteiger partial charge in [0.25, 0.3) is 5.91 Å². The molecule has 0 aliphatic rings. The van der Waals surface area contributed by atoms with Crippen LogP contribution in [-0.4, -0.2) is 41.8 Å². The topological polar surface area (TPSA) is 87.5 Å². The fourth-order valence-electron chi connectivity index (χ4n) is 3.50. The number of ether oxygens (including phenoxy) is 3. The predicted octanol–water partition coefficient (Wildman–Crippen LogP) is 3.44. The Bertz CT molecular complexity index is 1250. The van der Waals surface area contributed by atoms with Gasteiger partial charge >= 0.3 is 0 Å². The maximum absolute atomic E-state index is 12.9. The summed E-state index contributed by atoms with van der Waals surface area (Å²) in [6.07, 6.45) is 1.73. The number of imidazole rings is 1. The van der Waals surface area contributed by atoms with Crippen LogP contribution in [0.3, 0.4) is 0 Å². The van der Waals surface area contributed by atoms with Crippen molar-refractivity contribution in [2.75, 3.05) is 21.3 Å². The average Bonchev–Trinajstić information content (AvgIpc) is 3.19. The van der Waals surface area contributed by atoms with Crippen LogP contribution in [0.15, 0.2) is 60.8 Å². The molecule has 2 heterocycles. The van der Waals surface area contributed by atoms with Crippen LogP contribution in [0.25, 0.3) is 11.2 Å². The molecule has 0 unspecified atom stereocenters. The predicted molar refractivity (Wildman–Crippen MR) is 120 cm³/mol. The van der Waals surface area contributed by atoms with Crippen molar-refractivity contribution in [3.8, 4) is 17.2 Å². The number of hydrogen-bond donors (Lipinski definition) is 1. The summed E-state index contributed by atoms with van der Waals surface area (Å²) in [7, 11) is 4.72. The molecule has 0 aliphatic heterocycles. The number of aromatic nitrogens is 3. The molecule has 0 aliphatic carbocycles. The Morgan fingerprint density at radius 3 is 2.56 bits per heavy atom. The van der Waals surface area contributed by atoms with Gasteiger partial charge in [-0.05, 0) is 42.0 Å². The lowest BCUT2D eigenvalue weighted by Crippen LogP contribution is -2.25. The maximum Gasteiger partial charge on any atom is 0.255 e. The van der Waals surface area contributed by atoms with Crippen molar-refractivity contribution < 1.29 is 19.0 Å². The molecule has 8 heteroatoms. The van der Waals surface area contributed by atoms with E-state index in [1.807, 2.05) is 41.0 Å². The summed E-state index contributed by atoms with van der Waals surface area (Å²) in [5, 5.41) is 2.94. The molecule has 1 amide bonds. The number of pyridine rings is 1. The Labute approximate surface area is 185 Å². The first-order valence-electron chi connectivity index (χ1n) is 10.1. The lowest BCUT2D eigenvalue weighted by atomic mass is 10.1. The number of benzene rings is 2. The van der Waals surface area contributed by atoms with Gasteiger partial charge in [-0.15, -0.1) is 0 Å². The Kier molecular flexibility index (Phi) is 6.21. The van der Waals surface area contributed by atoms with E-state index in [0.29, 0.717) is 29.4 Å². The van der Waals surface area contributed by atoms with E-state index in [2.05, 4.69) is 10.3 Å². The Balaban J connectivity index is 1.60. The quantitative estimate of drug-likeness (QED) is 0.459. The van der Waals surface area contributed by atoms with Crippen molar-refractivity contribution in [2.45, 2.75) is 13.1 Å². The zero-order valence-corrected chi connectivity index (χ0v) is 18.2. The lowest BCUT2D eigenvalue weighted by molar-refractivity contribution is 0.0946. The van der Waals surface area contributed by atoms with Crippen LogP contribution in [0.2, 0.25) is 0 Å². The normalized spacial score (nSPS) is 10.7. The largest absolute Gasteiger partial charge is 0.497 e. The maximum atomic E-state index is 12.9. The minimum Gasteiger partial charge on any atom is -0.497 e. The number of rotatable bonds is 8. The van der Waals surface area contributed by atoms with E-state index in [9.17, 15) is 4.79 Å². The third-order valence-corrected chi connectivity index (χ3v) is 5.12. The molecule has 0 saturated heterocycles. The molecule has 1 N–H and O–H groups in total. The fourth-order valence-corrected chi connectivity index (χ4v) is 3.50.